The molecule has 0 aliphatic carbocycles. The Labute approximate surface area is 145 Å². The van der Waals surface area contributed by atoms with Crippen molar-refractivity contribution in [3.05, 3.63) is 71.3 Å². The van der Waals surface area contributed by atoms with Crippen LogP contribution in [-0.2, 0) is 22.6 Å². The van der Waals surface area contributed by atoms with Crippen LogP contribution in [0.25, 0.3) is 0 Å². The molecule has 0 aromatic heterocycles. The maximum absolute atomic E-state index is 13.7. The zero-order valence-electron chi connectivity index (χ0n) is 14.0. The Balaban J connectivity index is 1.84. The summed E-state index contributed by atoms with van der Waals surface area (Å²) in [5.41, 5.74) is 0.996. The molecular weight excluding hydrogens is 326 g/mol. The molecule has 2 aromatic rings. The quantitative estimate of drug-likeness (QED) is 0.838. The van der Waals surface area contributed by atoms with Gasteiger partial charge in [-0.25, -0.2) is 8.78 Å². The van der Waals surface area contributed by atoms with Crippen LogP contribution in [-0.4, -0.2) is 29.8 Å². The lowest BCUT2D eigenvalue weighted by Gasteiger charge is -2.21. The van der Waals surface area contributed by atoms with Crippen LogP contribution >= 0.6 is 0 Å². The number of halogens is 2. The van der Waals surface area contributed by atoms with Crippen molar-refractivity contribution in [2.45, 2.75) is 19.9 Å². The molecule has 0 aliphatic rings. The number of hydrogen-bond acceptors (Lipinski definition) is 2. The van der Waals surface area contributed by atoms with Gasteiger partial charge in [0.15, 0.2) is 0 Å². The molecule has 25 heavy (non-hydrogen) atoms. The zero-order valence-corrected chi connectivity index (χ0v) is 14.0. The van der Waals surface area contributed by atoms with Gasteiger partial charge in [-0.05, 0) is 23.8 Å². The summed E-state index contributed by atoms with van der Waals surface area (Å²) in [4.78, 5) is 25.1. The highest BCUT2D eigenvalue weighted by Crippen LogP contribution is 2.10. The number of carbonyl (C=O) groups is 2. The van der Waals surface area contributed by atoms with Gasteiger partial charge in [0, 0.05) is 32.1 Å². The van der Waals surface area contributed by atoms with Crippen molar-refractivity contribution in [3.8, 4) is 0 Å². The highest BCUT2D eigenvalue weighted by atomic mass is 19.1. The summed E-state index contributed by atoms with van der Waals surface area (Å²) in [6, 6.07) is 12.1. The number of hydrogen-bond donors (Lipinski definition) is 1. The first-order chi connectivity index (χ1) is 12.0. The number of rotatable bonds is 7. The van der Waals surface area contributed by atoms with Crippen LogP contribution in [0.3, 0.4) is 0 Å². The van der Waals surface area contributed by atoms with E-state index in [1.807, 2.05) is 0 Å². The first kappa shape index (κ1) is 18.6. The summed E-state index contributed by atoms with van der Waals surface area (Å²) in [5.74, 6) is -1.23. The molecule has 2 amide bonds. The van der Waals surface area contributed by atoms with E-state index in [0.717, 1.165) is 0 Å². The van der Waals surface area contributed by atoms with E-state index >= 15 is 0 Å². The highest BCUT2D eigenvalue weighted by molar-refractivity contribution is 5.78. The maximum atomic E-state index is 13.7. The third kappa shape index (κ3) is 5.99. The SMILES string of the molecule is CC(=O)N(CCNC(=O)Cc1cccc(F)c1)Cc1ccccc1F. The third-order valence-corrected chi connectivity index (χ3v) is 3.72. The Kier molecular flexibility index (Phi) is 6.62. The molecule has 0 heterocycles. The standard InChI is InChI=1S/C19H20F2N2O2/c1-14(24)23(13-16-6-2-3-8-18(16)21)10-9-22-19(25)12-15-5-4-7-17(20)11-15/h2-8,11H,9-10,12-13H2,1H3,(H,22,25). The Morgan fingerprint density at radius 2 is 1.84 bits per heavy atom. The topological polar surface area (TPSA) is 49.4 Å². The summed E-state index contributed by atoms with van der Waals surface area (Å²) in [7, 11) is 0. The fourth-order valence-corrected chi connectivity index (χ4v) is 2.41. The molecule has 132 valence electrons. The molecule has 2 rings (SSSR count). The average molecular weight is 346 g/mol. The van der Waals surface area contributed by atoms with Crippen molar-refractivity contribution in [3.63, 3.8) is 0 Å². The molecule has 0 aliphatic heterocycles. The van der Waals surface area contributed by atoms with Crippen molar-refractivity contribution in [1.29, 1.82) is 0 Å². The molecule has 0 spiro atoms. The summed E-state index contributed by atoms with van der Waals surface area (Å²) in [6.45, 7) is 2.04. The summed E-state index contributed by atoms with van der Waals surface area (Å²) >= 11 is 0. The van der Waals surface area contributed by atoms with Crippen molar-refractivity contribution >= 4 is 11.8 Å². The van der Waals surface area contributed by atoms with E-state index in [1.54, 1.807) is 30.3 Å². The maximum Gasteiger partial charge on any atom is 0.224 e. The van der Waals surface area contributed by atoms with E-state index in [4.69, 9.17) is 0 Å². The van der Waals surface area contributed by atoms with Crippen LogP contribution in [0.2, 0.25) is 0 Å². The van der Waals surface area contributed by atoms with E-state index < -0.39 is 5.82 Å². The Bertz CT molecular complexity index is 750. The highest BCUT2D eigenvalue weighted by Gasteiger charge is 2.12. The first-order valence-electron chi connectivity index (χ1n) is 7.96. The van der Waals surface area contributed by atoms with Gasteiger partial charge in [0.2, 0.25) is 11.8 Å². The molecule has 4 nitrogen and oxygen atoms in total. The minimum atomic E-state index is -0.391. The summed E-state index contributed by atoms with van der Waals surface area (Å²) < 4.78 is 26.8. The van der Waals surface area contributed by atoms with Gasteiger partial charge in [0.1, 0.15) is 11.6 Å². The predicted octanol–water partition coefficient (Wildman–Crippen LogP) is 2.67. The fourth-order valence-electron chi connectivity index (χ4n) is 2.41. The van der Waals surface area contributed by atoms with E-state index in [-0.39, 0.29) is 43.7 Å². The molecule has 0 saturated heterocycles. The second-order valence-electron chi connectivity index (χ2n) is 5.69. The number of benzene rings is 2. The second-order valence-corrected chi connectivity index (χ2v) is 5.69. The Hall–Kier alpha value is -2.76. The summed E-state index contributed by atoms with van der Waals surface area (Å²) in [5, 5.41) is 2.69. The van der Waals surface area contributed by atoms with Crippen molar-refractivity contribution in [1.82, 2.24) is 10.2 Å². The molecule has 0 atom stereocenters. The molecule has 1 N–H and O–H groups in total. The van der Waals surface area contributed by atoms with Gasteiger partial charge >= 0.3 is 0 Å². The van der Waals surface area contributed by atoms with Gasteiger partial charge in [0.25, 0.3) is 0 Å². The van der Waals surface area contributed by atoms with Crippen molar-refractivity contribution < 1.29 is 18.4 Å². The van der Waals surface area contributed by atoms with Gasteiger partial charge in [-0.1, -0.05) is 30.3 Å². The van der Waals surface area contributed by atoms with Crippen molar-refractivity contribution in [2.24, 2.45) is 0 Å². The molecule has 0 saturated carbocycles. The number of nitrogens with zero attached hydrogens (tertiary/aromatic N) is 1. The van der Waals surface area contributed by atoms with Gasteiger partial charge in [-0.2, -0.15) is 0 Å². The second kappa shape index (κ2) is 8.92. The molecule has 0 bridgehead atoms. The average Bonchev–Trinajstić information content (AvgIpc) is 2.55. The minimum absolute atomic E-state index is 0.0607. The minimum Gasteiger partial charge on any atom is -0.354 e. The summed E-state index contributed by atoms with van der Waals surface area (Å²) in [6.07, 6.45) is 0.0607. The number of carbonyl (C=O) groups excluding carboxylic acids is 2. The van der Waals surface area contributed by atoms with Gasteiger partial charge in [0.05, 0.1) is 6.42 Å². The molecular formula is C19H20F2N2O2. The Morgan fingerprint density at radius 1 is 1.08 bits per heavy atom. The van der Waals surface area contributed by atoms with E-state index in [9.17, 15) is 18.4 Å². The lowest BCUT2D eigenvalue weighted by molar-refractivity contribution is -0.130. The number of amides is 2. The third-order valence-electron chi connectivity index (χ3n) is 3.72. The van der Waals surface area contributed by atoms with Gasteiger partial charge in [-0.15, -0.1) is 0 Å². The van der Waals surface area contributed by atoms with E-state index in [0.29, 0.717) is 11.1 Å². The number of nitrogens with one attached hydrogen (secondary N) is 1. The molecule has 0 fully saturated rings. The van der Waals surface area contributed by atoms with Crippen LogP contribution < -0.4 is 5.32 Å². The molecule has 0 unspecified atom stereocenters. The largest absolute Gasteiger partial charge is 0.354 e. The van der Waals surface area contributed by atoms with Crippen LogP contribution in [0.15, 0.2) is 48.5 Å². The van der Waals surface area contributed by atoms with E-state index in [1.165, 1.54) is 30.0 Å². The molecule has 0 radical (unpaired) electrons. The molecule has 6 heteroatoms. The smallest absolute Gasteiger partial charge is 0.224 e. The predicted molar refractivity (Wildman–Crippen MR) is 90.6 cm³/mol. The molecule has 2 aromatic carbocycles. The normalized spacial score (nSPS) is 10.4. The zero-order chi connectivity index (χ0) is 18.2. The van der Waals surface area contributed by atoms with Gasteiger partial charge < -0.3 is 10.2 Å². The van der Waals surface area contributed by atoms with Gasteiger partial charge in [-0.3, -0.25) is 9.59 Å². The Morgan fingerprint density at radius 3 is 2.52 bits per heavy atom. The lowest BCUT2D eigenvalue weighted by Crippen LogP contribution is -2.37. The lowest BCUT2D eigenvalue weighted by atomic mass is 10.1. The monoisotopic (exact) mass is 346 g/mol. The van der Waals surface area contributed by atoms with Crippen LogP contribution in [0.4, 0.5) is 8.78 Å². The fraction of sp³-hybridized carbons (Fsp3) is 0.263. The van der Waals surface area contributed by atoms with Crippen LogP contribution in [0.5, 0.6) is 0 Å². The van der Waals surface area contributed by atoms with E-state index in [2.05, 4.69) is 5.32 Å². The van der Waals surface area contributed by atoms with Crippen LogP contribution in [0, 0.1) is 11.6 Å². The van der Waals surface area contributed by atoms with Crippen LogP contribution in [0.1, 0.15) is 18.1 Å². The van der Waals surface area contributed by atoms with Crippen molar-refractivity contribution in [2.75, 3.05) is 13.1 Å². The first-order valence-corrected chi connectivity index (χ1v) is 7.96.